The summed E-state index contributed by atoms with van der Waals surface area (Å²) in [6, 6.07) is 9.18. The van der Waals surface area contributed by atoms with Crippen molar-refractivity contribution in [3.05, 3.63) is 59.2 Å². The fourth-order valence-electron chi connectivity index (χ4n) is 3.65. The Morgan fingerprint density at radius 3 is 2.81 bits per heavy atom. The number of rotatable bonds is 4. The number of carbonyl (C=O) groups excluding carboxylic acids is 1. The second-order valence-corrected chi connectivity index (χ2v) is 6.81. The van der Waals surface area contributed by atoms with E-state index in [0.29, 0.717) is 23.6 Å². The van der Waals surface area contributed by atoms with E-state index in [2.05, 4.69) is 10.6 Å². The Kier molecular flexibility index (Phi) is 4.94. The van der Waals surface area contributed by atoms with E-state index in [1.54, 1.807) is 18.2 Å². The van der Waals surface area contributed by atoms with Crippen molar-refractivity contribution >= 4 is 5.91 Å². The molecule has 27 heavy (non-hydrogen) atoms. The predicted octanol–water partition coefficient (Wildman–Crippen LogP) is 2.50. The lowest BCUT2D eigenvalue weighted by Crippen LogP contribution is -2.50. The van der Waals surface area contributed by atoms with E-state index < -0.39 is 11.6 Å². The standard InChI is InChI=1S/C20H20F2N2O3/c21-15-3-2-13(9-16(15)22)14-5-6-23-10-17(14)24-20(25)8-12-1-4-18-19(7-12)27-11-26-18/h1-4,7,9,14,17,23H,5-6,8,10-11H2,(H,24,25). The number of piperidine rings is 1. The molecule has 4 rings (SSSR count). The molecule has 2 atom stereocenters. The molecule has 142 valence electrons. The van der Waals surface area contributed by atoms with Gasteiger partial charge in [0.25, 0.3) is 0 Å². The van der Waals surface area contributed by atoms with Gasteiger partial charge in [0.1, 0.15) is 0 Å². The van der Waals surface area contributed by atoms with E-state index in [4.69, 9.17) is 9.47 Å². The van der Waals surface area contributed by atoms with Gasteiger partial charge in [0, 0.05) is 18.5 Å². The molecule has 5 nitrogen and oxygen atoms in total. The number of carbonyl (C=O) groups is 1. The Balaban J connectivity index is 1.44. The summed E-state index contributed by atoms with van der Waals surface area (Å²) in [4.78, 5) is 12.5. The molecule has 0 radical (unpaired) electrons. The average Bonchev–Trinajstić information content (AvgIpc) is 3.12. The molecule has 1 saturated heterocycles. The molecule has 2 aliphatic heterocycles. The van der Waals surface area contributed by atoms with Crippen molar-refractivity contribution in [2.24, 2.45) is 0 Å². The van der Waals surface area contributed by atoms with Crippen LogP contribution < -0.4 is 20.1 Å². The second kappa shape index (κ2) is 7.52. The molecule has 2 heterocycles. The first-order valence-electron chi connectivity index (χ1n) is 8.94. The number of amides is 1. The van der Waals surface area contributed by atoms with Gasteiger partial charge in [-0.2, -0.15) is 0 Å². The van der Waals surface area contributed by atoms with E-state index in [9.17, 15) is 13.6 Å². The highest BCUT2D eigenvalue weighted by atomic mass is 19.2. The first kappa shape index (κ1) is 17.7. The molecule has 0 bridgehead atoms. The average molecular weight is 374 g/mol. The molecule has 2 aromatic rings. The molecule has 0 saturated carbocycles. The third kappa shape index (κ3) is 3.88. The largest absolute Gasteiger partial charge is 0.454 e. The number of hydrogen-bond acceptors (Lipinski definition) is 4. The molecule has 2 N–H and O–H groups in total. The monoisotopic (exact) mass is 374 g/mol. The zero-order chi connectivity index (χ0) is 18.8. The maximum atomic E-state index is 13.6. The summed E-state index contributed by atoms with van der Waals surface area (Å²) < 4.78 is 37.5. The normalized spacial score (nSPS) is 21.1. The first-order chi connectivity index (χ1) is 13.1. The summed E-state index contributed by atoms with van der Waals surface area (Å²) in [5, 5.41) is 6.27. The Hall–Kier alpha value is -2.67. The topological polar surface area (TPSA) is 59.6 Å². The van der Waals surface area contributed by atoms with Crippen LogP contribution in [0.5, 0.6) is 11.5 Å². The van der Waals surface area contributed by atoms with Crippen LogP contribution in [-0.4, -0.2) is 31.8 Å². The van der Waals surface area contributed by atoms with Crippen LogP contribution in [-0.2, 0) is 11.2 Å². The quantitative estimate of drug-likeness (QED) is 0.863. The zero-order valence-electron chi connectivity index (χ0n) is 14.6. The Morgan fingerprint density at radius 1 is 1.11 bits per heavy atom. The SMILES string of the molecule is O=C(Cc1ccc2c(c1)OCO2)NC1CNCCC1c1ccc(F)c(F)c1. The van der Waals surface area contributed by atoms with E-state index in [1.165, 1.54) is 6.07 Å². The van der Waals surface area contributed by atoms with Crippen molar-refractivity contribution in [3.63, 3.8) is 0 Å². The lowest BCUT2D eigenvalue weighted by Gasteiger charge is -2.33. The van der Waals surface area contributed by atoms with Gasteiger partial charge in [0.05, 0.1) is 6.42 Å². The van der Waals surface area contributed by atoms with Gasteiger partial charge >= 0.3 is 0 Å². The van der Waals surface area contributed by atoms with Crippen LogP contribution in [0.2, 0.25) is 0 Å². The van der Waals surface area contributed by atoms with E-state index in [0.717, 1.165) is 24.6 Å². The highest BCUT2D eigenvalue weighted by Crippen LogP contribution is 2.32. The molecule has 2 aromatic carbocycles. The van der Waals surface area contributed by atoms with Gasteiger partial charge in [0.2, 0.25) is 12.7 Å². The summed E-state index contributed by atoms with van der Waals surface area (Å²) in [6.07, 6.45) is 0.942. The summed E-state index contributed by atoms with van der Waals surface area (Å²) in [5.74, 6) is -0.613. The van der Waals surface area contributed by atoms with Crippen molar-refractivity contribution < 1.29 is 23.0 Å². The van der Waals surface area contributed by atoms with Gasteiger partial charge in [-0.25, -0.2) is 8.78 Å². The number of hydrogen-bond donors (Lipinski definition) is 2. The summed E-state index contributed by atoms with van der Waals surface area (Å²) in [6.45, 7) is 1.53. The second-order valence-electron chi connectivity index (χ2n) is 6.81. The number of ether oxygens (including phenoxy) is 2. The van der Waals surface area contributed by atoms with Crippen molar-refractivity contribution in [1.82, 2.24) is 10.6 Å². The van der Waals surface area contributed by atoms with Gasteiger partial charge < -0.3 is 20.1 Å². The highest BCUT2D eigenvalue weighted by molar-refractivity contribution is 5.79. The van der Waals surface area contributed by atoms with Gasteiger partial charge in [-0.1, -0.05) is 12.1 Å². The Morgan fingerprint density at radius 2 is 1.96 bits per heavy atom. The lowest BCUT2D eigenvalue weighted by molar-refractivity contribution is -0.121. The van der Waals surface area contributed by atoms with Crippen molar-refractivity contribution in [2.75, 3.05) is 19.9 Å². The lowest BCUT2D eigenvalue weighted by atomic mass is 9.86. The van der Waals surface area contributed by atoms with Gasteiger partial charge in [-0.3, -0.25) is 4.79 Å². The van der Waals surface area contributed by atoms with Crippen molar-refractivity contribution in [2.45, 2.75) is 24.8 Å². The third-order valence-electron chi connectivity index (χ3n) is 5.00. The summed E-state index contributed by atoms with van der Waals surface area (Å²) in [5.41, 5.74) is 1.52. The van der Waals surface area contributed by atoms with Crippen LogP contribution in [0.25, 0.3) is 0 Å². The minimum Gasteiger partial charge on any atom is -0.454 e. The van der Waals surface area contributed by atoms with Crippen molar-refractivity contribution in [3.8, 4) is 11.5 Å². The Bertz CT molecular complexity index is 859. The van der Waals surface area contributed by atoms with E-state index in [-0.39, 0.29) is 31.1 Å². The van der Waals surface area contributed by atoms with Crippen LogP contribution in [0.4, 0.5) is 8.78 Å². The number of fused-ring (bicyclic) bond motifs is 1. The third-order valence-corrected chi connectivity index (χ3v) is 5.00. The summed E-state index contributed by atoms with van der Waals surface area (Å²) in [7, 11) is 0. The van der Waals surface area contributed by atoms with Crippen LogP contribution >= 0.6 is 0 Å². The molecule has 7 heteroatoms. The summed E-state index contributed by atoms with van der Waals surface area (Å²) >= 11 is 0. The van der Waals surface area contributed by atoms with E-state index in [1.807, 2.05) is 6.07 Å². The minimum absolute atomic E-state index is 0.0675. The van der Waals surface area contributed by atoms with Crippen LogP contribution in [0.15, 0.2) is 36.4 Å². The van der Waals surface area contributed by atoms with Crippen LogP contribution in [0, 0.1) is 11.6 Å². The number of benzene rings is 2. The number of halogens is 2. The molecular formula is C20H20F2N2O3. The Labute approximate surface area is 155 Å². The smallest absolute Gasteiger partial charge is 0.231 e. The van der Waals surface area contributed by atoms with Gasteiger partial charge in [-0.05, 0) is 48.4 Å². The van der Waals surface area contributed by atoms with Crippen molar-refractivity contribution in [1.29, 1.82) is 0 Å². The maximum Gasteiger partial charge on any atom is 0.231 e. The molecule has 2 aliphatic rings. The maximum absolute atomic E-state index is 13.6. The zero-order valence-corrected chi connectivity index (χ0v) is 14.6. The molecule has 0 aromatic heterocycles. The van der Waals surface area contributed by atoms with Gasteiger partial charge in [-0.15, -0.1) is 0 Å². The van der Waals surface area contributed by atoms with Crippen LogP contribution in [0.1, 0.15) is 23.5 Å². The molecule has 2 unspecified atom stereocenters. The van der Waals surface area contributed by atoms with E-state index >= 15 is 0 Å². The highest BCUT2D eigenvalue weighted by Gasteiger charge is 2.28. The molecule has 0 spiro atoms. The minimum atomic E-state index is -0.865. The first-order valence-corrected chi connectivity index (χ1v) is 8.94. The number of nitrogens with one attached hydrogen (secondary N) is 2. The van der Waals surface area contributed by atoms with Gasteiger partial charge in [0.15, 0.2) is 23.1 Å². The molecule has 0 aliphatic carbocycles. The fraction of sp³-hybridized carbons (Fsp3) is 0.350. The fourth-order valence-corrected chi connectivity index (χ4v) is 3.65. The predicted molar refractivity (Wildman–Crippen MR) is 94.8 cm³/mol. The molecule has 1 fully saturated rings. The van der Waals surface area contributed by atoms with Crippen LogP contribution in [0.3, 0.4) is 0 Å². The molecular weight excluding hydrogens is 354 g/mol. The molecule has 1 amide bonds.